The number of nitrogens with zero attached hydrogens (tertiary/aromatic N) is 5. The molecule has 0 N–H and O–H groups in total. The summed E-state index contributed by atoms with van der Waals surface area (Å²) in [5, 5.41) is 4.26. The Balaban J connectivity index is 1.46. The Hall–Kier alpha value is -3.46. The number of halogens is 1. The minimum Gasteiger partial charge on any atom is -0.439 e. The van der Waals surface area contributed by atoms with Gasteiger partial charge in [0.25, 0.3) is 5.56 Å². The number of hydrogen-bond donors (Lipinski definition) is 0. The molecule has 3 aromatic heterocycles. The SMILES string of the molecule is CCn1cc(F)c(-c2ccc(Oc3cn4c(C5CCOCC5)ncc4c(=O)n3C)cc2)n1. The molecule has 0 saturated carbocycles. The number of ether oxygens (including phenoxy) is 2. The fourth-order valence-electron chi connectivity index (χ4n) is 4.05. The Bertz CT molecular complexity index is 1320. The summed E-state index contributed by atoms with van der Waals surface area (Å²) in [5.41, 5.74) is 1.28. The first-order valence-electron chi connectivity index (χ1n) is 10.7. The van der Waals surface area contributed by atoms with Gasteiger partial charge in [0.15, 0.2) is 5.82 Å². The molecule has 166 valence electrons. The Morgan fingerprint density at radius 2 is 1.94 bits per heavy atom. The average molecular weight is 437 g/mol. The van der Waals surface area contributed by atoms with E-state index in [1.54, 1.807) is 48.4 Å². The van der Waals surface area contributed by atoms with Crippen LogP contribution < -0.4 is 10.3 Å². The molecule has 1 fully saturated rings. The molecule has 1 aliphatic heterocycles. The van der Waals surface area contributed by atoms with Gasteiger partial charge in [0, 0.05) is 38.3 Å². The van der Waals surface area contributed by atoms with Gasteiger partial charge in [-0.2, -0.15) is 5.10 Å². The number of aryl methyl sites for hydroxylation is 1. The lowest BCUT2D eigenvalue weighted by Gasteiger charge is -2.21. The molecular weight excluding hydrogens is 413 g/mol. The number of hydrogen-bond acceptors (Lipinski definition) is 5. The summed E-state index contributed by atoms with van der Waals surface area (Å²) in [4.78, 5) is 17.4. The van der Waals surface area contributed by atoms with Gasteiger partial charge in [-0.25, -0.2) is 9.37 Å². The van der Waals surface area contributed by atoms with Crippen molar-refractivity contribution in [1.82, 2.24) is 23.7 Å². The van der Waals surface area contributed by atoms with Gasteiger partial charge in [0.05, 0.1) is 18.6 Å². The van der Waals surface area contributed by atoms with Crippen LogP contribution in [0.2, 0.25) is 0 Å². The van der Waals surface area contributed by atoms with Gasteiger partial charge >= 0.3 is 0 Å². The molecule has 0 radical (unpaired) electrons. The van der Waals surface area contributed by atoms with Crippen molar-refractivity contribution in [1.29, 1.82) is 0 Å². The fraction of sp³-hybridized carbons (Fsp3) is 0.348. The zero-order valence-corrected chi connectivity index (χ0v) is 18.0. The van der Waals surface area contributed by atoms with Crippen LogP contribution in [0.25, 0.3) is 16.8 Å². The molecule has 1 aromatic carbocycles. The van der Waals surface area contributed by atoms with Crippen LogP contribution in [0.5, 0.6) is 11.6 Å². The Morgan fingerprint density at radius 3 is 2.62 bits per heavy atom. The zero-order valence-electron chi connectivity index (χ0n) is 18.0. The lowest BCUT2D eigenvalue weighted by Crippen LogP contribution is -2.22. The van der Waals surface area contributed by atoms with E-state index in [1.165, 1.54) is 10.8 Å². The van der Waals surface area contributed by atoms with Crippen LogP contribution in [0.15, 0.2) is 47.7 Å². The van der Waals surface area contributed by atoms with Crippen LogP contribution in [-0.2, 0) is 18.3 Å². The van der Waals surface area contributed by atoms with Crippen LogP contribution in [-0.4, -0.2) is 36.9 Å². The van der Waals surface area contributed by atoms with Gasteiger partial charge in [-0.05, 0) is 44.0 Å². The number of benzene rings is 1. The predicted molar refractivity (Wildman–Crippen MR) is 117 cm³/mol. The molecule has 0 aliphatic carbocycles. The number of rotatable bonds is 5. The van der Waals surface area contributed by atoms with Gasteiger partial charge in [-0.3, -0.25) is 18.4 Å². The van der Waals surface area contributed by atoms with Crippen molar-refractivity contribution in [2.75, 3.05) is 13.2 Å². The molecule has 5 rings (SSSR count). The number of aromatic nitrogens is 5. The second-order valence-corrected chi connectivity index (χ2v) is 7.90. The molecule has 0 spiro atoms. The van der Waals surface area contributed by atoms with E-state index in [9.17, 15) is 9.18 Å². The van der Waals surface area contributed by atoms with E-state index < -0.39 is 0 Å². The van der Waals surface area contributed by atoms with E-state index in [-0.39, 0.29) is 17.3 Å². The van der Waals surface area contributed by atoms with Crippen molar-refractivity contribution in [3.63, 3.8) is 0 Å². The van der Waals surface area contributed by atoms with Crippen molar-refractivity contribution < 1.29 is 13.9 Å². The Morgan fingerprint density at radius 1 is 1.19 bits per heavy atom. The third-order valence-corrected chi connectivity index (χ3v) is 5.90. The van der Waals surface area contributed by atoms with E-state index in [4.69, 9.17) is 9.47 Å². The molecule has 32 heavy (non-hydrogen) atoms. The van der Waals surface area contributed by atoms with Crippen LogP contribution in [0.3, 0.4) is 0 Å². The highest BCUT2D eigenvalue weighted by molar-refractivity contribution is 5.60. The summed E-state index contributed by atoms with van der Waals surface area (Å²) in [7, 11) is 1.67. The minimum atomic E-state index is -0.367. The van der Waals surface area contributed by atoms with E-state index in [1.807, 2.05) is 11.3 Å². The molecular formula is C23H24FN5O3. The number of imidazole rings is 1. The van der Waals surface area contributed by atoms with Crippen molar-refractivity contribution in [3.8, 4) is 22.9 Å². The largest absolute Gasteiger partial charge is 0.439 e. The molecule has 4 heterocycles. The third-order valence-electron chi connectivity index (χ3n) is 5.90. The van der Waals surface area contributed by atoms with Crippen LogP contribution >= 0.6 is 0 Å². The van der Waals surface area contributed by atoms with E-state index in [0.29, 0.717) is 48.2 Å². The first-order valence-corrected chi connectivity index (χ1v) is 10.7. The van der Waals surface area contributed by atoms with Gasteiger partial charge in [0.1, 0.15) is 22.8 Å². The van der Waals surface area contributed by atoms with Crippen molar-refractivity contribution in [2.24, 2.45) is 7.05 Å². The summed E-state index contributed by atoms with van der Waals surface area (Å²) >= 11 is 0. The van der Waals surface area contributed by atoms with Gasteiger partial charge < -0.3 is 9.47 Å². The molecule has 8 nitrogen and oxygen atoms in total. The molecule has 9 heteroatoms. The van der Waals surface area contributed by atoms with Crippen molar-refractivity contribution >= 4 is 5.52 Å². The highest BCUT2D eigenvalue weighted by Gasteiger charge is 2.22. The molecule has 1 aliphatic rings. The molecule has 0 amide bonds. The van der Waals surface area contributed by atoms with E-state index in [2.05, 4.69) is 10.1 Å². The maximum absolute atomic E-state index is 14.2. The zero-order chi connectivity index (χ0) is 22.2. The topological polar surface area (TPSA) is 75.6 Å². The standard InChI is InChI=1S/C23H24FN5O3/c1-3-28-13-18(24)21(26-28)15-4-6-17(7-5-15)32-20-14-29-19(23(30)27(20)2)12-25-22(29)16-8-10-31-11-9-16/h4-7,12-14,16H,3,8-11H2,1-2H3. The maximum atomic E-state index is 14.2. The van der Waals surface area contributed by atoms with Gasteiger partial charge in [-0.1, -0.05) is 0 Å². The fourth-order valence-corrected chi connectivity index (χ4v) is 4.05. The van der Waals surface area contributed by atoms with Crippen molar-refractivity contribution in [3.05, 3.63) is 64.9 Å². The summed E-state index contributed by atoms with van der Waals surface area (Å²) in [6.07, 6.45) is 6.54. The quantitative estimate of drug-likeness (QED) is 0.475. The van der Waals surface area contributed by atoms with E-state index in [0.717, 1.165) is 18.7 Å². The highest BCUT2D eigenvalue weighted by atomic mass is 19.1. The normalized spacial score (nSPS) is 14.8. The lowest BCUT2D eigenvalue weighted by molar-refractivity contribution is 0.0834. The summed E-state index contributed by atoms with van der Waals surface area (Å²) in [6, 6.07) is 6.98. The molecule has 0 bridgehead atoms. The van der Waals surface area contributed by atoms with Crippen molar-refractivity contribution in [2.45, 2.75) is 32.2 Å². The van der Waals surface area contributed by atoms with Gasteiger partial charge in [0.2, 0.25) is 5.88 Å². The molecule has 0 unspecified atom stereocenters. The summed E-state index contributed by atoms with van der Waals surface area (Å²) < 4.78 is 30.5. The second kappa shape index (κ2) is 8.23. The molecule has 1 saturated heterocycles. The smallest absolute Gasteiger partial charge is 0.279 e. The predicted octanol–water partition coefficient (Wildman–Crippen LogP) is 3.74. The summed E-state index contributed by atoms with van der Waals surface area (Å²) in [6.45, 7) is 3.88. The lowest BCUT2D eigenvalue weighted by atomic mass is 10.00. The average Bonchev–Trinajstić information content (AvgIpc) is 3.42. The van der Waals surface area contributed by atoms with Crippen LogP contribution in [0.1, 0.15) is 31.5 Å². The first kappa shape index (κ1) is 20.4. The van der Waals surface area contributed by atoms with Crippen LogP contribution in [0, 0.1) is 5.82 Å². The Kier molecular flexibility index (Phi) is 5.26. The Labute approximate surface area is 183 Å². The summed E-state index contributed by atoms with van der Waals surface area (Å²) in [5.74, 6) is 1.65. The highest BCUT2D eigenvalue weighted by Crippen LogP contribution is 2.29. The molecule has 4 aromatic rings. The third kappa shape index (κ3) is 3.58. The second-order valence-electron chi connectivity index (χ2n) is 7.90. The minimum absolute atomic E-state index is 0.183. The van der Waals surface area contributed by atoms with Crippen LogP contribution in [0.4, 0.5) is 4.39 Å². The maximum Gasteiger partial charge on any atom is 0.279 e. The monoisotopic (exact) mass is 437 g/mol. The van der Waals surface area contributed by atoms with E-state index >= 15 is 0 Å². The molecule has 0 atom stereocenters. The van der Waals surface area contributed by atoms with Gasteiger partial charge in [-0.15, -0.1) is 0 Å². The first-order chi connectivity index (χ1) is 15.5. The number of fused-ring (bicyclic) bond motifs is 1.